The van der Waals surface area contributed by atoms with Gasteiger partial charge >= 0.3 is 29.4 Å². The number of nitrogen functional groups attached to an aromatic ring is 1. The van der Waals surface area contributed by atoms with E-state index in [4.69, 9.17) is 35.3 Å². The number of imidazole rings is 1. The maximum Gasteiger partial charge on any atom is 0.490 e. The molecule has 20 nitrogen and oxygen atoms in total. The van der Waals surface area contributed by atoms with E-state index in [-0.39, 0.29) is 30.0 Å². The Bertz CT molecular complexity index is 1710. The predicted octanol–water partition coefficient (Wildman–Crippen LogP) is 0.507. The first-order valence-corrected chi connectivity index (χ1v) is 16.6. The second-order valence-corrected chi connectivity index (χ2v) is 13.6. The number of phosphoric ester groups is 1. The molecule has 6 atom stereocenters. The fourth-order valence-electron chi connectivity index (χ4n) is 4.28. The molecule has 3 aromatic rings. The highest BCUT2D eigenvalue weighted by atomic mass is 31.3. The van der Waals surface area contributed by atoms with Crippen LogP contribution in [0.3, 0.4) is 0 Å². The highest BCUT2D eigenvalue weighted by Gasteiger charge is 2.44. The molecule has 1 aliphatic rings. The van der Waals surface area contributed by atoms with Crippen LogP contribution < -0.4 is 17.0 Å². The van der Waals surface area contributed by atoms with Gasteiger partial charge in [0.25, 0.3) is 5.56 Å². The molecule has 4 unspecified atom stereocenters. The Hall–Kier alpha value is -2.83. The standard InChI is InChI=1S/C20H27N6O14P3/c1-10(21)12-5-3-2-4-11(12)6-16(27)38-13-7-15(26-9-23-17-18(26)24-20(22)25-19(17)28)37-14(13)8-36-42(32,33)40-43(34,35)39-41(29,30)31/h2-5,9-10,13-15H,6-8,21H2,1H3,(H,32,33)(H,34,35)(H2,29,30,31)(H3,22,24,25,28)/t10?,13-,14?,15-/m1/s1. The molecule has 43 heavy (non-hydrogen) atoms. The minimum atomic E-state index is -5.78. The number of H-pyrrole nitrogens is 1. The van der Waals surface area contributed by atoms with Crippen molar-refractivity contribution in [3.8, 4) is 0 Å². The molecule has 0 amide bonds. The van der Waals surface area contributed by atoms with Crippen molar-refractivity contribution >= 4 is 46.5 Å². The molecule has 4 rings (SSSR count). The normalized spacial score (nSPS) is 22.6. The summed E-state index contributed by atoms with van der Waals surface area (Å²) in [5, 5.41) is 0. The monoisotopic (exact) mass is 668 g/mol. The lowest BCUT2D eigenvalue weighted by molar-refractivity contribution is -0.152. The Morgan fingerprint density at radius 3 is 2.56 bits per heavy atom. The predicted molar refractivity (Wildman–Crippen MR) is 144 cm³/mol. The zero-order valence-electron chi connectivity index (χ0n) is 22.0. The second kappa shape index (κ2) is 12.6. The third-order valence-electron chi connectivity index (χ3n) is 5.92. The van der Waals surface area contributed by atoms with E-state index in [0.29, 0.717) is 11.1 Å². The number of benzene rings is 1. The quantitative estimate of drug-likeness (QED) is 0.102. The van der Waals surface area contributed by atoms with Gasteiger partial charge in [-0.1, -0.05) is 24.3 Å². The number of nitrogens with zero attached hydrogens (tertiary/aromatic N) is 3. The van der Waals surface area contributed by atoms with Gasteiger partial charge in [0, 0.05) is 12.5 Å². The molecular formula is C20H27N6O14P3. The van der Waals surface area contributed by atoms with Crippen LogP contribution in [0.1, 0.15) is 36.7 Å². The van der Waals surface area contributed by atoms with E-state index in [0.717, 1.165) is 0 Å². The highest BCUT2D eigenvalue weighted by Crippen LogP contribution is 2.66. The molecule has 1 aromatic carbocycles. The van der Waals surface area contributed by atoms with E-state index < -0.39 is 66.1 Å². The first-order valence-electron chi connectivity index (χ1n) is 12.1. The molecule has 23 heteroatoms. The van der Waals surface area contributed by atoms with Gasteiger partial charge in [0.1, 0.15) is 18.4 Å². The Morgan fingerprint density at radius 1 is 1.19 bits per heavy atom. The van der Waals surface area contributed by atoms with E-state index in [1.165, 1.54) is 10.9 Å². The van der Waals surface area contributed by atoms with Crippen molar-refractivity contribution < 1.29 is 60.7 Å². The Balaban J connectivity index is 1.55. The number of esters is 1. The number of nitrogens with two attached hydrogens (primary N) is 2. The molecule has 1 fully saturated rings. The molecular weight excluding hydrogens is 641 g/mol. The number of ether oxygens (including phenoxy) is 2. The van der Waals surface area contributed by atoms with Crippen molar-refractivity contribution in [1.82, 2.24) is 19.5 Å². The first kappa shape index (κ1) is 33.1. The lowest BCUT2D eigenvalue weighted by atomic mass is 10.00. The lowest BCUT2D eigenvalue weighted by Gasteiger charge is -2.21. The maximum atomic E-state index is 13.0. The number of carbonyl (C=O) groups excluding carboxylic acids is 1. The maximum absolute atomic E-state index is 13.0. The third-order valence-corrected chi connectivity index (χ3v) is 9.73. The number of aromatic amines is 1. The molecule has 2 aromatic heterocycles. The summed E-state index contributed by atoms with van der Waals surface area (Å²) in [6.45, 7) is 0.830. The van der Waals surface area contributed by atoms with Gasteiger partial charge in [0.2, 0.25) is 5.95 Å². The van der Waals surface area contributed by atoms with Gasteiger partial charge in [-0.15, -0.1) is 0 Å². The zero-order chi connectivity index (χ0) is 31.7. The fourth-order valence-corrected chi connectivity index (χ4v) is 7.31. The van der Waals surface area contributed by atoms with Crippen molar-refractivity contribution in [2.45, 2.75) is 44.2 Å². The average molecular weight is 668 g/mol. The molecule has 0 aliphatic carbocycles. The van der Waals surface area contributed by atoms with Crippen molar-refractivity contribution in [2.24, 2.45) is 5.73 Å². The first-order chi connectivity index (χ1) is 19.9. The van der Waals surface area contributed by atoms with Crippen LogP contribution in [0.5, 0.6) is 0 Å². The summed E-state index contributed by atoms with van der Waals surface area (Å²) in [5.74, 6) is -0.961. The largest absolute Gasteiger partial charge is 0.490 e. The number of nitrogens with one attached hydrogen (secondary N) is 1. The molecule has 1 saturated heterocycles. The van der Waals surface area contributed by atoms with Crippen LogP contribution >= 0.6 is 23.5 Å². The van der Waals surface area contributed by atoms with Crippen molar-refractivity contribution in [2.75, 3.05) is 12.3 Å². The summed E-state index contributed by atoms with van der Waals surface area (Å²) in [4.78, 5) is 72.2. The Labute approximate surface area is 241 Å². The highest BCUT2D eigenvalue weighted by molar-refractivity contribution is 7.66. The SMILES string of the molecule is CC(N)c1ccccc1CC(=O)O[C@@H]1C[C@H](n2cnc3c(=O)[nH]c(N)nc32)OC1COP(=O)(O)OP(=O)(O)OP(=O)(O)O. The van der Waals surface area contributed by atoms with E-state index in [2.05, 4.69) is 23.6 Å². The minimum absolute atomic E-state index is 0.00993. The number of hydrogen-bond donors (Lipinski definition) is 7. The number of hydrogen-bond acceptors (Lipinski definition) is 14. The van der Waals surface area contributed by atoms with Gasteiger partial charge in [-0.25, -0.2) is 18.7 Å². The van der Waals surface area contributed by atoms with E-state index in [1.807, 2.05) is 0 Å². The number of anilines is 1. The number of rotatable bonds is 12. The molecule has 0 radical (unpaired) electrons. The smallest absolute Gasteiger partial charge is 0.459 e. The number of fused-ring (bicyclic) bond motifs is 1. The summed E-state index contributed by atoms with van der Waals surface area (Å²) < 4.78 is 59.8. The molecule has 0 saturated carbocycles. The van der Waals surface area contributed by atoms with E-state index in [1.54, 1.807) is 31.2 Å². The van der Waals surface area contributed by atoms with E-state index >= 15 is 0 Å². The molecule has 3 heterocycles. The number of carbonyl (C=O) groups is 1. The van der Waals surface area contributed by atoms with Crippen LogP contribution in [0.2, 0.25) is 0 Å². The van der Waals surface area contributed by atoms with Gasteiger partial charge in [-0.05, 0) is 18.1 Å². The van der Waals surface area contributed by atoms with Crippen LogP contribution in [0.4, 0.5) is 5.95 Å². The topological polar surface area (TPSA) is 311 Å². The summed E-state index contributed by atoms with van der Waals surface area (Å²) in [6.07, 6.45) is -2.67. The minimum Gasteiger partial charge on any atom is -0.459 e. The van der Waals surface area contributed by atoms with Gasteiger partial charge < -0.3 is 40.5 Å². The summed E-state index contributed by atoms with van der Waals surface area (Å²) in [5.41, 5.74) is 12.2. The molecule has 236 valence electrons. The fraction of sp³-hybridized carbons (Fsp3) is 0.400. The number of phosphoric acid groups is 3. The van der Waals surface area contributed by atoms with Crippen molar-refractivity contribution in [1.29, 1.82) is 0 Å². The van der Waals surface area contributed by atoms with Crippen molar-refractivity contribution in [3.63, 3.8) is 0 Å². The molecule has 9 N–H and O–H groups in total. The Kier molecular flexibility index (Phi) is 9.73. The Morgan fingerprint density at radius 2 is 1.88 bits per heavy atom. The van der Waals surface area contributed by atoms with Gasteiger partial charge in [0.15, 0.2) is 11.2 Å². The summed E-state index contributed by atoms with van der Waals surface area (Å²) >= 11 is 0. The lowest BCUT2D eigenvalue weighted by Crippen LogP contribution is -2.31. The van der Waals surface area contributed by atoms with Crippen LogP contribution in [0, 0.1) is 0 Å². The average Bonchev–Trinajstić information content (AvgIpc) is 3.44. The third kappa shape index (κ3) is 8.63. The van der Waals surface area contributed by atoms with Gasteiger partial charge in [0.05, 0.1) is 19.4 Å². The molecule has 0 spiro atoms. The van der Waals surface area contributed by atoms with Crippen LogP contribution in [0.15, 0.2) is 35.4 Å². The van der Waals surface area contributed by atoms with Crippen molar-refractivity contribution in [3.05, 3.63) is 52.1 Å². The molecule has 1 aliphatic heterocycles. The second-order valence-electron chi connectivity index (χ2n) is 9.22. The summed E-state index contributed by atoms with van der Waals surface area (Å²) in [7, 11) is -16.9. The van der Waals surface area contributed by atoms with E-state index in [9.17, 15) is 33.1 Å². The van der Waals surface area contributed by atoms with Crippen LogP contribution in [-0.2, 0) is 47.5 Å². The van der Waals surface area contributed by atoms with Crippen LogP contribution in [-0.4, -0.2) is 63.9 Å². The van der Waals surface area contributed by atoms with Gasteiger partial charge in [-0.3, -0.25) is 23.7 Å². The van der Waals surface area contributed by atoms with Crippen LogP contribution in [0.25, 0.3) is 11.2 Å². The summed E-state index contributed by atoms with van der Waals surface area (Å²) in [6, 6.07) is 6.50. The zero-order valence-corrected chi connectivity index (χ0v) is 24.7. The van der Waals surface area contributed by atoms with Gasteiger partial charge in [-0.2, -0.15) is 13.6 Å². The molecule has 0 bridgehead atoms. The number of aromatic nitrogens is 4.